The summed E-state index contributed by atoms with van der Waals surface area (Å²) in [6.07, 6.45) is 15.8. The van der Waals surface area contributed by atoms with E-state index in [0.717, 1.165) is 50.8 Å². The molecule has 0 radical (unpaired) electrons. The second-order valence-electron chi connectivity index (χ2n) is 7.24. The van der Waals surface area contributed by atoms with Crippen molar-refractivity contribution in [2.24, 2.45) is 0 Å². The number of unbranched alkanes of at least 4 members (excludes halogenated alkanes) is 8. The van der Waals surface area contributed by atoms with Gasteiger partial charge in [-0.25, -0.2) is 0 Å². The fourth-order valence-corrected chi connectivity index (χ4v) is 3.31. The second kappa shape index (κ2) is 20.7. The fourth-order valence-electron chi connectivity index (χ4n) is 2.54. The molecule has 1 atom stereocenters. The van der Waals surface area contributed by atoms with Gasteiger partial charge in [0.2, 0.25) is 0 Å². The van der Waals surface area contributed by atoms with Gasteiger partial charge >= 0.3 is 5.97 Å². The number of allylic oxidation sites excluding steroid dienone is 1. The summed E-state index contributed by atoms with van der Waals surface area (Å²) < 4.78 is 5.21. The van der Waals surface area contributed by atoms with E-state index in [1.54, 1.807) is 0 Å². The van der Waals surface area contributed by atoms with Gasteiger partial charge in [0, 0.05) is 24.8 Å². The van der Waals surface area contributed by atoms with Gasteiger partial charge in [-0.3, -0.25) is 9.59 Å². The van der Waals surface area contributed by atoms with Crippen LogP contribution in [0.15, 0.2) is 12.2 Å². The first kappa shape index (κ1) is 27.0. The summed E-state index contributed by atoms with van der Waals surface area (Å²) >= 11 is 1.33. The molecule has 0 aliphatic carbocycles. The normalized spacial score (nSPS) is 12.2. The Hall–Kier alpha value is -1.01. The summed E-state index contributed by atoms with van der Waals surface area (Å²) in [7, 11) is 1.90. The van der Waals surface area contributed by atoms with E-state index in [0.29, 0.717) is 19.1 Å². The zero-order valence-corrected chi connectivity index (χ0v) is 19.1. The number of rotatable bonds is 18. The summed E-state index contributed by atoms with van der Waals surface area (Å²) in [5.74, 6) is 0.684. The predicted octanol–water partition coefficient (Wildman–Crippen LogP) is 5.45. The van der Waals surface area contributed by atoms with Crippen LogP contribution >= 0.6 is 11.8 Å². The molecule has 0 rings (SSSR count). The highest BCUT2D eigenvalue weighted by Crippen LogP contribution is 2.07. The Balaban J connectivity index is 3.36. The number of nitrogens with one attached hydrogen (secondary N) is 2. The average molecular weight is 415 g/mol. The zero-order valence-electron chi connectivity index (χ0n) is 18.3. The minimum absolute atomic E-state index is 0.0554. The Morgan fingerprint density at radius 3 is 2.46 bits per heavy atom. The van der Waals surface area contributed by atoms with E-state index in [1.165, 1.54) is 37.4 Å². The molecule has 0 aromatic carbocycles. The Morgan fingerprint density at radius 1 is 1.00 bits per heavy atom. The topological polar surface area (TPSA) is 67.4 Å². The van der Waals surface area contributed by atoms with E-state index in [1.807, 2.05) is 13.1 Å². The van der Waals surface area contributed by atoms with Gasteiger partial charge in [0.05, 0.1) is 0 Å². The number of hydrogen-bond acceptors (Lipinski definition) is 5. The number of hydrogen-bond donors (Lipinski definition) is 2. The maximum Gasteiger partial charge on any atom is 0.306 e. The molecule has 6 heteroatoms. The fraction of sp³-hybridized carbons (Fsp3) is 0.818. The number of amides is 1. The molecule has 164 valence electrons. The number of carbonyl (C=O) groups excluding carboxylic acids is 2. The minimum Gasteiger partial charge on any atom is -0.461 e. The van der Waals surface area contributed by atoms with Gasteiger partial charge in [-0.1, -0.05) is 69.4 Å². The predicted molar refractivity (Wildman–Crippen MR) is 121 cm³/mol. The summed E-state index contributed by atoms with van der Waals surface area (Å²) in [6, 6.07) is 0.342. The highest BCUT2D eigenvalue weighted by molar-refractivity contribution is 8.13. The molecule has 0 aliphatic rings. The standard InChI is InChI=1S/C22H42N2O3S/c1-4-5-6-7-8-12-15-18-27-21(25)16-13-10-9-11-14-17-24-22(26)28-19-20(2)23-3/h12,15,20,23H,4-11,13-14,16-19H2,1-3H3,(H,24,26)/b15-12-/t20-/m1/s1. The van der Waals surface area contributed by atoms with Gasteiger partial charge < -0.3 is 15.4 Å². The van der Waals surface area contributed by atoms with Crippen LogP contribution in [0, 0.1) is 0 Å². The van der Waals surface area contributed by atoms with Crippen molar-refractivity contribution in [3.63, 3.8) is 0 Å². The van der Waals surface area contributed by atoms with Gasteiger partial charge in [0.15, 0.2) is 0 Å². The average Bonchev–Trinajstić information content (AvgIpc) is 2.70. The Bertz CT molecular complexity index is 417. The Labute approximate surface area is 176 Å². The molecule has 0 heterocycles. The molecule has 0 fully saturated rings. The molecule has 0 aromatic rings. The van der Waals surface area contributed by atoms with Crippen LogP contribution in [0.3, 0.4) is 0 Å². The van der Waals surface area contributed by atoms with Crippen molar-refractivity contribution < 1.29 is 14.3 Å². The number of ether oxygens (including phenoxy) is 1. The molecule has 0 saturated heterocycles. The van der Waals surface area contributed by atoms with Crippen molar-refractivity contribution in [2.75, 3.05) is 26.0 Å². The van der Waals surface area contributed by atoms with E-state index in [4.69, 9.17) is 4.74 Å². The van der Waals surface area contributed by atoms with Crippen molar-refractivity contribution in [1.82, 2.24) is 10.6 Å². The van der Waals surface area contributed by atoms with Crippen LogP contribution in [0.25, 0.3) is 0 Å². The smallest absolute Gasteiger partial charge is 0.306 e. The van der Waals surface area contributed by atoms with E-state index in [9.17, 15) is 9.59 Å². The molecule has 0 saturated carbocycles. The molecule has 28 heavy (non-hydrogen) atoms. The van der Waals surface area contributed by atoms with Gasteiger partial charge in [-0.05, 0) is 39.7 Å². The molecule has 0 bridgehead atoms. The third-order valence-electron chi connectivity index (χ3n) is 4.52. The highest BCUT2D eigenvalue weighted by Gasteiger charge is 2.05. The minimum atomic E-state index is -0.101. The van der Waals surface area contributed by atoms with Crippen molar-refractivity contribution >= 4 is 23.0 Å². The van der Waals surface area contributed by atoms with Gasteiger partial charge in [0.25, 0.3) is 5.24 Å². The number of esters is 1. The largest absolute Gasteiger partial charge is 0.461 e. The lowest BCUT2D eigenvalue weighted by atomic mass is 10.1. The molecule has 0 unspecified atom stereocenters. The lowest BCUT2D eigenvalue weighted by Crippen LogP contribution is -2.27. The molecular formula is C22H42N2O3S. The second-order valence-corrected chi connectivity index (χ2v) is 8.23. The third-order valence-corrected chi connectivity index (χ3v) is 5.59. The third kappa shape index (κ3) is 19.7. The van der Waals surface area contributed by atoms with Crippen LogP contribution in [-0.4, -0.2) is 43.2 Å². The van der Waals surface area contributed by atoms with Crippen molar-refractivity contribution in [3.8, 4) is 0 Å². The van der Waals surface area contributed by atoms with Crippen LogP contribution in [0.2, 0.25) is 0 Å². The lowest BCUT2D eigenvalue weighted by Gasteiger charge is -2.09. The first-order valence-corrected chi connectivity index (χ1v) is 12.0. The van der Waals surface area contributed by atoms with Gasteiger partial charge in [0.1, 0.15) is 6.61 Å². The van der Waals surface area contributed by atoms with Gasteiger partial charge in [-0.2, -0.15) is 0 Å². The summed E-state index contributed by atoms with van der Waals surface area (Å²) in [5, 5.41) is 6.10. The molecule has 0 spiro atoms. The van der Waals surface area contributed by atoms with Crippen molar-refractivity contribution in [3.05, 3.63) is 12.2 Å². The molecule has 0 aliphatic heterocycles. The SMILES string of the molecule is CCCCCC/C=C\COC(=O)CCCCCCCNC(=O)SC[C@@H](C)NC. The Morgan fingerprint density at radius 2 is 1.71 bits per heavy atom. The van der Waals surface area contributed by atoms with E-state index >= 15 is 0 Å². The molecule has 5 nitrogen and oxygen atoms in total. The quantitative estimate of drug-likeness (QED) is 0.177. The van der Waals surface area contributed by atoms with Crippen LogP contribution in [-0.2, 0) is 9.53 Å². The summed E-state index contributed by atoms with van der Waals surface area (Å²) in [6.45, 7) is 5.40. The maximum absolute atomic E-state index is 11.6. The van der Waals surface area contributed by atoms with Crippen LogP contribution < -0.4 is 10.6 Å². The first-order chi connectivity index (χ1) is 13.6. The molecule has 1 amide bonds. The zero-order chi connectivity index (χ0) is 20.9. The van der Waals surface area contributed by atoms with Gasteiger partial charge in [-0.15, -0.1) is 0 Å². The van der Waals surface area contributed by atoms with Crippen LogP contribution in [0.5, 0.6) is 0 Å². The lowest BCUT2D eigenvalue weighted by molar-refractivity contribution is -0.142. The molecule has 0 aromatic heterocycles. The molecular weight excluding hydrogens is 372 g/mol. The highest BCUT2D eigenvalue weighted by atomic mass is 32.2. The van der Waals surface area contributed by atoms with Crippen LogP contribution in [0.1, 0.15) is 84.5 Å². The Kier molecular flexibility index (Phi) is 20.0. The monoisotopic (exact) mass is 414 g/mol. The number of carbonyl (C=O) groups is 2. The van der Waals surface area contributed by atoms with E-state index < -0.39 is 0 Å². The summed E-state index contributed by atoms with van der Waals surface area (Å²) in [4.78, 5) is 23.3. The first-order valence-electron chi connectivity index (χ1n) is 11.0. The van der Waals surface area contributed by atoms with E-state index in [-0.39, 0.29) is 11.2 Å². The van der Waals surface area contributed by atoms with Crippen molar-refractivity contribution in [1.29, 1.82) is 0 Å². The summed E-state index contributed by atoms with van der Waals surface area (Å²) in [5.41, 5.74) is 0. The number of thioether (sulfide) groups is 1. The molecule has 2 N–H and O–H groups in total. The van der Waals surface area contributed by atoms with Crippen molar-refractivity contribution in [2.45, 2.75) is 90.5 Å². The van der Waals surface area contributed by atoms with Crippen LogP contribution in [0.4, 0.5) is 4.79 Å². The van der Waals surface area contributed by atoms with E-state index in [2.05, 4.69) is 30.6 Å². The maximum atomic E-state index is 11.6.